The molecular formula is C17H16ClN3O3S2. The average molecular weight is 410 g/mol. The molecule has 1 aliphatic heterocycles. The maximum Gasteiger partial charge on any atom is 0.252 e. The number of piperidine rings is 1. The van der Waals surface area contributed by atoms with Crippen LogP contribution in [0.15, 0.2) is 50.5 Å². The van der Waals surface area contributed by atoms with E-state index in [1.807, 2.05) is 12.1 Å². The smallest absolute Gasteiger partial charge is 0.252 e. The van der Waals surface area contributed by atoms with Crippen molar-refractivity contribution in [2.75, 3.05) is 13.1 Å². The lowest BCUT2D eigenvalue weighted by Gasteiger charge is -2.29. The Hall–Kier alpha value is -1.74. The van der Waals surface area contributed by atoms with Crippen LogP contribution in [0.1, 0.15) is 24.7 Å². The van der Waals surface area contributed by atoms with Crippen LogP contribution in [0.5, 0.6) is 0 Å². The topological polar surface area (TPSA) is 76.3 Å². The van der Waals surface area contributed by atoms with Crippen LogP contribution in [0.25, 0.3) is 11.4 Å². The summed E-state index contributed by atoms with van der Waals surface area (Å²) < 4.78 is 32.5. The molecule has 1 aromatic carbocycles. The second-order valence-corrected chi connectivity index (χ2v) is 9.62. The van der Waals surface area contributed by atoms with Crippen molar-refractivity contribution in [2.24, 2.45) is 0 Å². The molecule has 0 amide bonds. The Morgan fingerprint density at radius 2 is 1.88 bits per heavy atom. The first-order chi connectivity index (χ1) is 12.5. The van der Waals surface area contributed by atoms with Gasteiger partial charge in [0.05, 0.1) is 0 Å². The molecule has 0 bridgehead atoms. The standard InChI is InChI=1S/C17H16ClN3O3S2/c18-14-5-3-12(4-6-14)16-19-17(24-20-16)13-7-9-21(10-8-13)26(22,23)15-2-1-11-25-15/h1-6,11,13H,7-10H2. The van der Waals surface area contributed by atoms with E-state index >= 15 is 0 Å². The molecule has 3 heterocycles. The first kappa shape index (κ1) is 17.7. The first-order valence-electron chi connectivity index (χ1n) is 8.17. The Morgan fingerprint density at radius 3 is 2.54 bits per heavy atom. The summed E-state index contributed by atoms with van der Waals surface area (Å²) in [5.41, 5.74) is 0.835. The summed E-state index contributed by atoms with van der Waals surface area (Å²) in [4.78, 5) is 4.48. The molecule has 9 heteroatoms. The van der Waals surface area contributed by atoms with E-state index in [1.54, 1.807) is 29.6 Å². The van der Waals surface area contributed by atoms with Gasteiger partial charge in [-0.25, -0.2) is 8.42 Å². The van der Waals surface area contributed by atoms with Crippen LogP contribution in [-0.4, -0.2) is 36.0 Å². The minimum Gasteiger partial charge on any atom is -0.339 e. The van der Waals surface area contributed by atoms with Gasteiger partial charge in [-0.2, -0.15) is 9.29 Å². The zero-order valence-corrected chi connectivity index (χ0v) is 16.1. The van der Waals surface area contributed by atoms with Crippen molar-refractivity contribution in [3.63, 3.8) is 0 Å². The summed E-state index contributed by atoms with van der Waals surface area (Å²) in [7, 11) is -3.39. The second-order valence-electron chi connectivity index (χ2n) is 6.07. The molecule has 0 unspecified atom stereocenters. The number of nitrogens with zero attached hydrogens (tertiary/aromatic N) is 3. The normalized spacial score (nSPS) is 16.8. The van der Waals surface area contributed by atoms with Gasteiger partial charge in [0.25, 0.3) is 10.0 Å². The van der Waals surface area contributed by atoms with E-state index in [9.17, 15) is 8.42 Å². The van der Waals surface area contributed by atoms with Crippen molar-refractivity contribution < 1.29 is 12.9 Å². The van der Waals surface area contributed by atoms with Crippen molar-refractivity contribution in [3.8, 4) is 11.4 Å². The monoisotopic (exact) mass is 409 g/mol. The number of thiophene rings is 1. The SMILES string of the molecule is O=S(=O)(c1cccs1)N1CCC(c2nc(-c3ccc(Cl)cc3)no2)CC1. The van der Waals surface area contributed by atoms with E-state index in [-0.39, 0.29) is 5.92 Å². The van der Waals surface area contributed by atoms with Crippen LogP contribution < -0.4 is 0 Å². The molecule has 1 saturated heterocycles. The molecular weight excluding hydrogens is 394 g/mol. The highest BCUT2D eigenvalue weighted by molar-refractivity contribution is 7.91. The van der Waals surface area contributed by atoms with Gasteiger partial charge in [-0.05, 0) is 48.6 Å². The van der Waals surface area contributed by atoms with Crippen LogP contribution >= 0.6 is 22.9 Å². The van der Waals surface area contributed by atoms with Crippen LogP contribution in [0.2, 0.25) is 5.02 Å². The quantitative estimate of drug-likeness (QED) is 0.650. The van der Waals surface area contributed by atoms with Gasteiger partial charge in [0.1, 0.15) is 4.21 Å². The maximum absolute atomic E-state index is 12.6. The van der Waals surface area contributed by atoms with Crippen molar-refractivity contribution in [2.45, 2.75) is 23.0 Å². The molecule has 2 aromatic heterocycles. The maximum atomic E-state index is 12.6. The molecule has 4 rings (SSSR count). The number of benzene rings is 1. The molecule has 0 aliphatic carbocycles. The van der Waals surface area contributed by atoms with E-state index in [4.69, 9.17) is 16.1 Å². The fraction of sp³-hybridized carbons (Fsp3) is 0.294. The van der Waals surface area contributed by atoms with Crippen molar-refractivity contribution in [1.82, 2.24) is 14.4 Å². The third-order valence-corrected chi connectivity index (χ3v) is 7.96. The molecule has 6 nitrogen and oxygen atoms in total. The van der Waals surface area contributed by atoms with Gasteiger partial charge < -0.3 is 4.52 Å². The highest BCUT2D eigenvalue weighted by Gasteiger charge is 2.32. The van der Waals surface area contributed by atoms with Gasteiger partial charge in [-0.15, -0.1) is 11.3 Å². The summed E-state index contributed by atoms with van der Waals surface area (Å²) in [6.45, 7) is 0.896. The molecule has 0 atom stereocenters. The molecule has 1 aliphatic rings. The first-order valence-corrected chi connectivity index (χ1v) is 10.9. The Balaban J connectivity index is 1.45. The number of rotatable bonds is 4. The summed E-state index contributed by atoms with van der Waals surface area (Å²) in [5.74, 6) is 1.15. The zero-order chi connectivity index (χ0) is 18.1. The predicted molar refractivity (Wildman–Crippen MR) is 99.8 cm³/mol. The average Bonchev–Trinajstić information content (AvgIpc) is 3.35. The Kier molecular flexibility index (Phi) is 4.83. The molecule has 0 spiro atoms. The van der Waals surface area contributed by atoms with Gasteiger partial charge in [0.2, 0.25) is 11.7 Å². The lowest BCUT2D eigenvalue weighted by Crippen LogP contribution is -2.37. The van der Waals surface area contributed by atoms with Gasteiger partial charge in [-0.3, -0.25) is 0 Å². The number of aromatic nitrogens is 2. The lowest BCUT2D eigenvalue weighted by atomic mass is 9.98. The molecule has 0 N–H and O–H groups in total. The molecule has 3 aromatic rings. The second kappa shape index (κ2) is 7.11. The highest BCUT2D eigenvalue weighted by atomic mass is 35.5. The van der Waals surface area contributed by atoms with Crippen LogP contribution in [0.4, 0.5) is 0 Å². The Bertz CT molecular complexity index is 977. The van der Waals surface area contributed by atoms with Gasteiger partial charge >= 0.3 is 0 Å². The number of hydrogen-bond acceptors (Lipinski definition) is 6. The largest absolute Gasteiger partial charge is 0.339 e. The third-order valence-electron chi connectivity index (χ3n) is 4.44. The summed E-state index contributed by atoms with van der Waals surface area (Å²) in [6, 6.07) is 10.6. The summed E-state index contributed by atoms with van der Waals surface area (Å²) in [5, 5.41) is 6.46. The minimum absolute atomic E-state index is 0.0679. The van der Waals surface area contributed by atoms with Crippen molar-refractivity contribution in [1.29, 1.82) is 0 Å². The van der Waals surface area contributed by atoms with E-state index in [0.29, 0.717) is 46.9 Å². The van der Waals surface area contributed by atoms with Crippen LogP contribution in [-0.2, 0) is 10.0 Å². The Morgan fingerprint density at radius 1 is 1.15 bits per heavy atom. The summed E-state index contributed by atoms with van der Waals surface area (Å²) in [6.07, 6.45) is 1.32. The minimum atomic E-state index is -3.39. The lowest BCUT2D eigenvalue weighted by molar-refractivity contribution is 0.271. The number of halogens is 1. The third kappa shape index (κ3) is 3.42. The van der Waals surface area contributed by atoms with Gasteiger partial charge in [0.15, 0.2) is 0 Å². The molecule has 0 radical (unpaired) electrons. The molecule has 1 fully saturated rings. The van der Waals surface area contributed by atoms with E-state index in [2.05, 4.69) is 10.1 Å². The zero-order valence-electron chi connectivity index (χ0n) is 13.7. The van der Waals surface area contributed by atoms with Crippen LogP contribution in [0.3, 0.4) is 0 Å². The van der Waals surface area contributed by atoms with Crippen molar-refractivity contribution in [3.05, 3.63) is 52.7 Å². The highest BCUT2D eigenvalue weighted by Crippen LogP contribution is 2.32. The number of sulfonamides is 1. The molecule has 26 heavy (non-hydrogen) atoms. The number of hydrogen-bond donors (Lipinski definition) is 0. The Labute approximate surface area is 160 Å². The van der Waals surface area contributed by atoms with E-state index in [1.165, 1.54) is 15.6 Å². The van der Waals surface area contributed by atoms with Crippen LogP contribution in [0, 0.1) is 0 Å². The van der Waals surface area contributed by atoms with Gasteiger partial charge in [0, 0.05) is 29.6 Å². The predicted octanol–water partition coefficient (Wildman–Crippen LogP) is 4.02. The summed E-state index contributed by atoms with van der Waals surface area (Å²) >= 11 is 7.14. The fourth-order valence-electron chi connectivity index (χ4n) is 3.00. The fourth-order valence-corrected chi connectivity index (χ4v) is 5.74. The molecule has 136 valence electrons. The van der Waals surface area contributed by atoms with Crippen molar-refractivity contribution >= 4 is 33.0 Å². The van der Waals surface area contributed by atoms with Gasteiger partial charge in [-0.1, -0.05) is 22.8 Å². The van der Waals surface area contributed by atoms with E-state index < -0.39 is 10.0 Å². The van der Waals surface area contributed by atoms with E-state index in [0.717, 1.165) is 5.56 Å². The molecule has 0 saturated carbocycles.